The maximum atomic E-state index is 5.98. The van der Waals surface area contributed by atoms with Gasteiger partial charge in [-0.05, 0) is 43.2 Å². The van der Waals surface area contributed by atoms with E-state index in [1.54, 1.807) is 0 Å². The third-order valence-electron chi connectivity index (χ3n) is 4.20. The summed E-state index contributed by atoms with van der Waals surface area (Å²) >= 11 is 0. The van der Waals surface area contributed by atoms with E-state index in [1.165, 1.54) is 0 Å². The van der Waals surface area contributed by atoms with Crippen molar-refractivity contribution in [3.8, 4) is 17.0 Å². The van der Waals surface area contributed by atoms with Crippen molar-refractivity contribution in [1.29, 1.82) is 0 Å². The Balaban J connectivity index is 1.74. The van der Waals surface area contributed by atoms with E-state index < -0.39 is 0 Å². The summed E-state index contributed by atoms with van der Waals surface area (Å²) in [4.78, 5) is 4.36. The van der Waals surface area contributed by atoms with Crippen molar-refractivity contribution in [1.82, 2.24) is 15.2 Å². The molecular weight excluding hydrogens is 318 g/mol. The first-order chi connectivity index (χ1) is 12.3. The predicted octanol–water partition coefficient (Wildman–Crippen LogP) is 2.98. The minimum Gasteiger partial charge on any atom is -0.488 e. The van der Waals surface area contributed by atoms with Crippen LogP contribution >= 0.6 is 0 Å². The van der Waals surface area contributed by atoms with E-state index in [0.717, 1.165) is 39.9 Å². The summed E-state index contributed by atoms with van der Waals surface area (Å²) in [6.45, 7) is 4.32. The molecule has 0 amide bonds. The lowest BCUT2D eigenvalue weighted by atomic mass is 10.1. The van der Waals surface area contributed by atoms with E-state index in [4.69, 9.17) is 14.2 Å². The minimum atomic E-state index is -0.0364. The third-order valence-corrected chi connectivity index (χ3v) is 4.20. The normalized spacial score (nSPS) is 19.0. The molecule has 1 aromatic carbocycles. The zero-order valence-corrected chi connectivity index (χ0v) is 14.2. The van der Waals surface area contributed by atoms with Crippen molar-refractivity contribution in [2.24, 2.45) is 0 Å². The molecule has 2 aromatic heterocycles. The Hall–Kier alpha value is -2.44. The van der Waals surface area contributed by atoms with E-state index >= 15 is 0 Å². The Morgan fingerprint density at radius 3 is 2.96 bits per heavy atom. The minimum absolute atomic E-state index is 0.0364. The number of nitrogens with one attached hydrogen (secondary N) is 1. The van der Waals surface area contributed by atoms with Crippen LogP contribution in [0, 0.1) is 0 Å². The van der Waals surface area contributed by atoms with Crippen LogP contribution in [0.5, 0.6) is 5.75 Å². The van der Waals surface area contributed by atoms with Gasteiger partial charge in [0.1, 0.15) is 17.5 Å². The Bertz CT molecular complexity index is 862. The van der Waals surface area contributed by atoms with Gasteiger partial charge in [-0.25, -0.2) is 0 Å². The van der Waals surface area contributed by atoms with Gasteiger partial charge in [-0.15, -0.1) is 0 Å². The average molecular weight is 339 g/mol. The summed E-state index contributed by atoms with van der Waals surface area (Å²) in [6.07, 6.45) is 4.49. The van der Waals surface area contributed by atoms with Crippen molar-refractivity contribution < 1.29 is 14.2 Å². The van der Waals surface area contributed by atoms with Crippen LogP contribution in [-0.2, 0) is 15.9 Å². The topological polar surface area (TPSA) is 69.3 Å². The van der Waals surface area contributed by atoms with Gasteiger partial charge in [-0.2, -0.15) is 5.10 Å². The number of H-pyrrole nitrogens is 1. The molecule has 0 unspecified atom stereocenters. The highest BCUT2D eigenvalue weighted by Gasteiger charge is 2.12. The highest BCUT2D eigenvalue weighted by atomic mass is 16.5. The van der Waals surface area contributed by atoms with Gasteiger partial charge in [0.15, 0.2) is 0 Å². The number of hydrogen-bond donors (Lipinski definition) is 1. The quantitative estimate of drug-likeness (QED) is 0.682. The lowest BCUT2D eigenvalue weighted by Gasteiger charge is -2.15. The fourth-order valence-corrected chi connectivity index (χ4v) is 2.97. The molecule has 3 heterocycles. The van der Waals surface area contributed by atoms with E-state index in [0.29, 0.717) is 26.4 Å². The monoisotopic (exact) mass is 339 g/mol. The number of hydrogen-bond acceptors (Lipinski definition) is 5. The van der Waals surface area contributed by atoms with Gasteiger partial charge in [0.2, 0.25) is 0 Å². The molecule has 0 spiro atoms. The van der Waals surface area contributed by atoms with E-state index in [1.807, 2.05) is 37.5 Å². The summed E-state index contributed by atoms with van der Waals surface area (Å²) in [5.74, 6) is 0.804. The molecule has 4 bridgehead atoms. The van der Waals surface area contributed by atoms with Crippen LogP contribution in [0.2, 0.25) is 0 Å². The number of aromatic nitrogens is 3. The zero-order valence-electron chi connectivity index (χ0n) is 14.2. The number of aromatic amines is 1. The van der Waals surface area contributed by atoms with Crippen LogP contribution in [0.3, 0.4) is 0 Å². The van der Waals surface area contributed by atoms with Crippen LogP contribution in [-0.4, -0.2) is 47.7 Å². The molecule has 6 heteroatoms. The summed E-state index contributed by atoms with van der Waals surface area (Å²) in [5.41, 5.74) is 3.97. The standard InChI is InChI=1S/C19H21N3O3/c1-13-12-24-7-6-23-5-4-14-8-15(11-20-10-14)19-17-9-16(25-13)2-3-18(17)21-22-19/h2-3,8-11,13H,4-7,12H2,1H3,(H,21,22)/t13-/m0/s1. The number of rotatable bonds is 0. The van der Waals surface area contributed by atoms with Crippen molar-refractivity contribution in [3.05, 3.63) is 42.2 Å². The maximum absolute atomic E-state index is 5.98. The number of ether oxygens (including phenoxy) is 3. The molecule has 3 aromatic rings. The SMILES string of the molecule is C[C@H]1COCCOCCc2cncc(c2)-c2n[nH]c3ccc(cc23)O1. The molecule has 1 N–H and O–H groups in total. The lowest BCUT2D eigenvalue weighted by Crippen LogP contribution is -2.20. The molecule has 1 aliphatic rings. The van der Waals surface area contributed by atoms with Crippen LogP contribution in [0.15, 0.2) is 36.7 Å². The zero-order chi connectivity index (χ0) is 17.1. The second kappa shape index (κ2) is 7.21. The Morgan fingerprint density at radius 1 is 1.08 bits per heavy atom. The fraction of sp³-hybridized carbons (Fsp3) is 0.368. The number of fused-ring (bicyclic) bond motifs is 4. The summed E-state index contributed by atoms with van der Waals surface area (Å²) < 4.78 is 17.2. The maximum Gasteiger partial charge on any atom is 0.120 e. The molecule has 0 radical (unpaired) electrons. The van der Waals surface area contributed by atoms with Gasteiger partial charge in [0.05, 0.1) is 31.9 Å². The number of pyridine rings is 1. The van der Waals surface area contributed by atoms with Gasteiger partial charge in [-0.3, -0.25) is 10.1 Å². The molecule has 130 valence electrons. The highest BCUT2D eigenvalue weighted by molar-refractivity contribution is 5.93. The molecule has 0 saturated heterocycles. The predicted molar refractivity (Wildman–Crippen MR) is 94.8 cm³/mol. The molecular formula is C19H21N3O3. The fourth-order valence-electron chi connectivity index (χ4n) is 2.97. The van der Waals surface area contributed by atoms with Crippen LogP contribution in [0.1, 0.15) is 12.5 Å². The molecule has 0 fully saturated rings. The Labute approximate surface area is 146 Å². The van der Waals surface area contributed by atoms with E-state index in [-0.39, 0.29) is 6.10 Å². The van der Waals surface area contributed by atoms with Gasteiger partial charge < -0.3 is 14.2 Å². The highest BCUT2D eigenvalue weighted by Crippen LogP contribution is 2.29. The van der Waals surface area contributed by atoms with Crippen molar-refractivity contribution >= 4 is 10.9 Å². The summed E-state index contributed by atoms with van der Waals surface area (Å²) in [5, 5.41) is 8.58. The molecule has 1 atom stereocenters. The second-order valence-corrected chi connectivity index (χ2v) is 6.23. The molecule has 4 rings (SSSR count). The molecule has 0 aliphatic carbocycles. The van der Waals surface area contributed by atoms with Crippen molar-refractivity contribution in [2.45, 2.75) is 19.4 Å². The van der Waals surface area contributed by atoms with Gasteiger partial charge >= 0.3 is 0 Å². The first kappa shape index (κ1) is 16.1. The van der Waals surface area contributed by atoms with Crippen LogP contribution < -0.4 is 4.74 Å². The van der Waals surface area contributed by atoms with Gasteiger partial charge in [0.25, 0.3) is 0 Å². The van der Waals surface area contributed by atoms with Gasteiger partial charge in [-0.1, -0.05) is 0 Å². The average Bonchev–Trinajstić information content (AvgIpc) is 3.03. The molecule has 1 aliphatic heterocycles. The third kappa shape index (κ3) is 3.65. The summed E-state index contributed by atoms with van der Waals surface area (Å²) in [7, 11) is 0. The Kier molecular flexibility index (Phi) is 4.63. The van der Waals surface area contributed by atoms with E-state index in [9.17, 15) is 0 Å². The second-order valence-electron chi connectivity index (χ2n) is 6.23. The Morgan fingerprint density at radius 2 is 2.00 bits per heavy atom. The smallest absolute Gasteiger partial charge is 0.120 e. The number of nitrogens with zero attached hydrogens (tertiary/aromatic N) is 2. The van der Waals surface area contributed by atoms with Gasteiger partial charge in [0, 0.05) is 23.3 Å². The summed E-state index contributed by atoms with van der Waals surface area (Å²) in [6, 6.07) is 8.07. The largest absolute Gasteiger partial charge is 0.488 e. The molecule has 6 nitrogen and oxygen atoms in total. The molecule has 25 heavy (non-hydrogen) atoms. The van der Waals surface area contributed by atoms with Crippen LogP contribution in [0.25, 0.3) is 22.2 Å². The first-order valence-corrected chi connectivity index (χ1v) is 8.54. The first-order valence-electron chi connectivity index (χ1n) is 8.54. The lowest BCUT2D eigenvalue weighted by molar-refractivity contribution is 0.0170. The van der Waals surface area contributed by atoms with Crippen molar-refractivity contribution in [3.63, 3.8) is 0 Å². The van der Waals surface area contributed by atoms with E-state index in [2.05, 4.69) is 21.2 Å². The molecule has 0 saturated carbocycles. The van der Waals surface area contributed by atoms with Crippen LogP contribution in [0.4, 0.5) is 0 Å². The van der Waals surface area contributed by atoms with Crippen molar-refractivity contribution in [2.75, 3.05) is 26.4 Å². The number of benzene rings is 1.